The maximum atomic E-state index is 5.93. The van der Waals surface area contributed by atoms with Crippen LogP contribution in [0.15, 0.2) is 21.4 Å². The lowest BCUT2D eigenvalue weighted by Gasteiger charge is -2.13. The summed E-state index contributed by atoms with van der Waals surface area (Å²) in [5.74, 6) is 2.05. The Kier molecular flexibility index (Phi) is 5.34. The van der Waals surface area contributed by atoms with Gasteiger partial charge >= 0.3 is 0 Å². The van der Waals surface area contributed by atoms with Crippen molar-refractivity contribution in [2.45, 2.75) is 46.4 Å². The van der Waals surface area contributed by atoms with Gasteiger partial charge in [0.15, 0.2) is 0 Å². The molecular weight excluding hydrogens is 270 g/mol. The second-order valence-corrected chi connectivity index (χ2v) is 6.23. The molecule has 0 aliphatic rings. The molecule has 2 heterocycles. The van der Waals surface area contributed by atoms with Gasteiger partial charge in [0.05, 0.1) is 24.3 Å². The van der Waals surface area contributed by atoms with Crippen molar-refractivity contribution in [2.75, 3.05) is 7.05 Å². The molecule has 0 aliphatic carbocycles. The Morgan fingerprint density at radius 3 is 2.85 bits per heavy atom. The van der Waals surface area contributed by atoms with E-state index < -0.39 is 0 Å². The van der Waals surface area contributed by atoms with Gasteiger partial charge in [-0.15, -0.1) is 11.3 Å². The molecule has 0 saturated carbocycles. The number of hydrogen-bond donors (Lipinski definition) is 1. The molecule has 0 fully saturated rings. The maximum absolute atomic E-state index is 5.93. The monoisotopic (exact) mass is 293 g/mol. The van der Waals surface area contributed by atoms with Crippen LogP contribution in [-0.4, -0.2) is 23.0 Å². The normalized spacial score (nSPS) is 11.7. The fourth-order valence-corrected chi connectivity index (χ4v) is 2.60. The molecule has 0 bridgehead atoms. The van der Waals surface area contributed by atoms with Crippen LogP contribution in [0, 0.1) is 6.92 Å². The van der Waals surface area contributed by atoms with Crippen molar-refractivity contribution in [1.29, 1.82) is 0 Å². The average molecular weight is 293 g/mol. The Bertz CT molecular complexity index is 519. The van der Waals surface area contributed by atoms with Crippen LogP contribution < -0.4 is 5.32 Å². The molecule has 0 radical (unpaired) electrons. The van der Waals surface area contributed by atoms with E-state index in [1.165, 1.54) is 5.56 Å². The van der Waals surface area contributed by atoms with Gasteiger partial charge in [0, 0.05) is 18.0 Å². The summed E-state index contributed by atoms with van der Waals surface area (Å²) >= 11 is 1.63. The molecule has 2 rings (SSSR count). The third-order valence-electron chi connectivity index (χ3n) is 3.08. The number of nitrogens with zero attached hydrogens (tertiary/aromatic N) is 2. The van der Waals surface area contributed by atoms with Crippen molar-refractivity contribution in [3.63, 3.8) is 0 Å². The molecule has 20 heavy (non-hydrogen) atoms. The van der Waals surface area contributed by atoms with E-state index in [0.717, 1.165) is 36.8 Å². The highest BCUT2D eigenvalue weighted by Crippen LogP contribution is 2.17. The number of nitrogens with one attached hydrogen (secondary N) is 1. The van der Waals surface area contributed by atoms with E-state index in [0.29, 0.717) is 6.04 Å². The van der Waals surface area contributed by atoms with E-state index >= 15 is 0 Å². The molecule has 0 spiro atoms. The number of thiazole rings is 1. The molecule has 0 atom stereocenters. The van der Waals surface area contributed by atoms with Crippen LogP contribution in [0.2, 0.25) is 0 Å². The van der Waals surface area contributed by atoms with Crippen LogP contribution in [0.4, 0.5) is 0 Å². The molecule has 5 heteroatoms. The van der Waals surface area contributed by atoms with Gasteiger partial charge in [-0.05, 0) is 25.6 Å². The third-order valence-corrected chi connectivity index (χ3v) is 3.72. The molecule has 2 aromatic heterocycles. The fraction of sp³-hybridized carbons (Fsp3) is 0.533. The minimum atomic E-state index is 0.468. The first-order valence-electron chi connectivity index (χ1n) is 6.91. The summed E-state index contributed by atoms with van der Waals surface area (Å²) in [4.78, 5) is 6.52. The highest BCUT2D eigenvalue weighted by molar-refractivity contribution is 7.07. The van der Waals surface area contributed by atoms with Gasteiger partial charge in [-0.2, -0.15) is 0 Å². The number of aryl methyl sites for hydroxylation is 1. The predicted octanol–water partition coefficient (Wildman–Crippen LogP) is 3.17. The Morgan fingerprint density at radius 1 is 1.40 bits per heavy atom. The predicted molar refractivity (Wildman–Crippen MR) is 82.7 cm³/mol. The maximum Gasteiger partial charge on any atom is 0.120 e. The Labute approximate surface area is 124 Å². The second-order valence-electron chi connectivity index (χ2n) is 5.51. The lowest BCUT2D eigenvalue weighted by atomic mass is 10.2. The van der Waals surface area contributed by atoms with Gasteiger partial charge in [-0.25, -0.2) is 4.98 Å². The highest BCUT2D eigenvalue weighted by Gasteiger charge is 2.10. The highest BCUT2D eigenvalue weighted by atomic mass is 32.1. The van der Waals surface area contributed by atoms with E-state index in [1.807, 2.05) is 5.51 Å². The largest absolute Gasteiger partial charge is 0.463 e. The first-order valence-corrected chi connectivity index (χ1v) is 7.86. The molecular formula is C15H23N3OS. The van der Waals surface area contributed by atoms with Gasteiger partial charge in [-0.3, -0.25) is 4.90 Å². The molecule has 0 saturated heterocycles. The summed E-state index contributed by atoms with van der Waals surface area (Å²) in [6.45, 7) is 8.83. The zero-order valence-corrected chi connectivity index (χ0v) is 13.5. The average Bonchev–Trinajstić information content (AvgIpc) is 2.97. The van der Waals surface area contributed by atoms with Crippen molar-refractivity contribution >= 4 is 11.3 Å². The lowest BCUT2D eigenvalue weighted by Crippen LogP contribution is -2.21. The van der Waals surface area contributed by atoms with Crippen LogP contribution in [-0.2, 0) is 19.6 Å². The fourth-order valence-electron chi connectivity index (χ4n) is 2.05. The Balaban J connectivity index is 1.90. The van der Waals surface area contributed by atoms with E-state index in [9.17, 15) is 0 Å². The zero-order chi connectivity index (χ0) is 14.5. The van der Waals surface area contributed by atoms with Crippen molar-refractivity contribution < 1.29 is 4.42 Å². The summed E-state index contributed by atoms with van der Waals surface area (Å²) in [5, 5.41) is 5.47. The van der Waals surface area contributed by atoms with Crippen molar-refractivity contribution in [2.24, 2.45) is 0 Å². The number of rotatable bonds is 7. The van der Waals surface area contributed by atoms with E-state index in [4.69, 9.17) is 4.42 Å². The van der Waals surface area contributed by atoms with Crippen molar-refractivity contribution in [3.8, 4) is 0 Å². The first-order chi connectivity index (χ1) is 9.54. The van der Waals surface area contributed by atoms with Crippen LogP contribution in [0.5, 0.6) is 0 Å². The van der Waals surface area contributed by atoms with Gasteiger partial charge in [-0.1, -0.05) is 13.8 Å². The minimum absolute atomic E-state index is 0.468. The van der Waals surface area contributed by atoms with Crippen LogP contribution >= 0.6 is 11.3 Å². The van der Waals surface area contributed by atoms with Crippen LogP contribution in [0.3, 0.4) is 0 Å². The van der Waals surface area contributed by atoms with E-state index in [2.05, 4.69) is 54.5 Å². The Morgan fingerprint density at radius 2 is 2.20 bits per heavy atom. The van der Waals surface area contributed by atoms with Gasteiger partial charge in [0.1, 0.15) is 11.5 Å². The molecule has 0 aromatic carbocycles. The number of furan rings is 1. The summed E-state index contributed by atoms with van der Waals surface area (Å²) < 4.78 is 5.93. The SMILES string of the molecule is Cc1cc(CN(C)Cc2cscn2)oc1CNC(C)C. The molecule has 2 aromatic rings. The minimum Gasteiger partial charge on any atom is -0.463 e. The topological polar surface area (TPSA) is 41.3 Å². The molecule has 0 amide bonds. The van der Waals surface area contributed by atoms with E-state index in [-0.39, 0.29) is 0 Å². The van der Waals surface area contributed by atoms with Gasteiger partial charge in [0.2, 0.25) is 0 Å². The lowest BCUT2D eigenvalue weighted by molar-refractivity contribution is 0.279. The smallest absolute Gasteiger partial charge is 0.120 e. The standard InChI is InChI=1S/C15H23N3OS/c1-11(2)16-6-15-12(3)5-14(19-15)8-18(4)7-13-9-20-10-17-13/h5,9-11,16H,6-8H2,1-4H3. The molecule has 1 N–H and O–H groups in total. The quantitative estimate of drug-likeness (QED) is 0.851. The molecule has 4 nitrogen and oxygen atoms in total. The summed E-state index contributed by atoms with van der Waals surface area (Å²) in [6.07, 6.45) is 0. The van der Waals surface area contributed by atoms with Crippen molar-refractivity contribution in [3.05, 3.63) is 39.7 Å². The summed E-state index contributed by atoms with van der Waals surface area (Å²) in [7, 11) is 2.09. The second kappa shape index (κ2) is 7.02. The molecule has 0 aliphatic heterocycles. The van der Waals surface area contributed by atoms with Crippen LogP contribution in [0.25, 0.3) is 0 Å². The van der Waals surface area contributed by atoms with Gasteiger partial charge < -0.3 is 9.73 Å². The third kappa shape index (κ3) is 4.44. The summed E-state index contributed by atoms with van der Waals surface area (Å²) in [5.41, 5.74) is 4.20. The molecule has 110 valence electrons. The van der Waals surface area contributed by atoms with Crippen molar-refractivity contribution in [1.82, 2.24) is 15.2 Å². The van der Waals surface area contributed by atoms with E-state index in [1.54, 1.807) is 11.3 Å². The summed E-state index contributed by atoms with van der Waals surface area (Å²) in [6, 6.07) is 2.60. The number of aromatic nitrogens is 1. The Hall–Kier alpha value is -1.17. The zero-order valence-electron chi connectivity index (χ0n) is 12.6. The van der Waals surface area contributed by atoms with Gasteiger partial charge in [0.25, 0.3) is 0 Å². The van der Waals surface area contributed by atoms with Crippen LogP contribution in [0.1, 0.15) is 36.6 Å². The molecule has 0 unspecified atom stereocenters. The first kappa shape index (κ1) is 15.2. The number of hydrogen-bond acceptors (Lipinski definition) is 5.